The summed E-state index contributed by atoms with van der Waals surface area (Å²) >= 11 is 6.73. The maximum Gasteiger partial charge on any atom is 0.161 e. The maximum atomic E-state index is 5.84. The van der Waals surface area contributed by atoms with E-state index >= 15 is 0 Å². The summed E-state index contributed by atoms with van der Waals surface area (Å²) < 4.78 is 23.0. The van der Waals surface area contributed by atoms with Crippen LogP contribution in [-0.2, 0) is 0 Å². The molecule has 0 aliphatic heterocycles. The highest BCUT2D eigenvalue weighted by Crippen LogP contribution is 2.29. The van der Waals surface area contributed by atoms with Gasteiger partial charge in [0.05, 0.1) is 26.4 Å². The van der Waals surface area contributed by atoms with Gasteiger partial charge in [0.25, 0.3) is 0 Å². The van der Waals surface area contributed by atoms with Gasteiger partial charge in [-0.3, -0.25) is 0 Å². The SMILES string of the molecule is BrCCOc1ccccc1OCCSSCCOc1ccccc1OCCBr. The molecule has 8 heteroatoms. The highest BCUT2D eigenvalue weighted by molar-refractivity contribution is 9.09. The van der Waals surface area contributed by atoms with Crippen LogP contribution in [0.3, 0.4) is 0 Å². The topological polar surface area (TPSA) is 36.9 Å². The molecule has 0 saturated heterocycles. The second-order valence-electron chi connectivity index (χ2n) is 5.31. The first-order chi connectivity index (χ1) is 13.8. The molecule has 0 aliphatic carbocycles. The average Bonchev–Trinajstić information content (AvgIpc) is 2.74. The lowest BCUT2D eigenvalue weighted by Crippen LogP contribution is -2.05. The van der Waals surface area contributed by atoms with Gasteiger partial charge in [0.1, 0.15) is 0 Å². The Morgan fingerprint density at radius 3 is 1.18 bits per heavy atom. The van der Waals surface area contributed by atoms with Crippen molar-refractivity contribution in [2.75, 3.05) is 48.6 Å². The lowest BCUT2D eigenvalue weighted by Gasteiger charge is -2.12. The minimum Gasteiger partial charge on any atom is -0.489 e. The lowest BCUT2D eigenvalue weighted by molar-refractivity contribution is 0.291. The van der Waals surface area contributed by atoms with E-state index in [2.05, 4.69) is 31.9 Å². The zero-order chi connectivity index (χ0) is 19.9. The fraction of sp³-hybridized carbons (Fsp3) is 0.400. The van der Waals surface area contributed by atoms with E-state index in [1.165, 1.54) is 0 Å². The zero-order valence-corrected chi connectivity index (χ0v) is 20.3. The van der Waals surface area contributed by atoms with E-state index in [1.807, 2.05) is 48.5 Å². The molecule has 0 saturated carbocycles. The van der Waals surface area contributed by atoms with Crippen molar-refractivity contribution in [3.63, 3.8) is 0 Å². The third-order valence-corrected chi connectivity index (χ3v) is 6.28. The zero-order valence-electron chi connectivity index (χ0n) is 15.5. The minimum absolute atomic E-state index is 0.620. The number of hydrogen-bond acceptors (Lipinski definition) is 6. The van der Waals surface area contributed by atoms with Gasteiger partial charge in [-0.2, -0.15) is 0 Å². The molecule has 0 aliphatic rings. The summed E-state index contributed by atoms with van der Waals surface area (Å²) in [6.07, 6.45) is 0. The van der Waals surface area contributed by atoms with E-state index in [-0.39, 0.29) is 0 Å². The Morgan fingerprint density at radius 1 is 0.536 bits per heavy atom. The Labute approximate surface area is 191 Å². The van der Waals surface area contributed by atoms with Crippen molar-refractivity contribution < 1.29 is 18.9 Å². The summed E-state index contributed by atoms with van der Waals surface area (Å²) in [6, 6.07) is 15.5. The quantitative estimate of drug-likeness (QED) is 0.152. The molecule has 154 valence electrons. The van der Waals surface area contributed by atoms with E-state index in [9.17, 15) is 0 Å². The van der Waals surface area contributed by atoms with E-state index in [0.717, 1.165) is 45.2 Å². The van der Waals surface area contributed by atoms with Gasteiger partial charge in [0, 0.05) is 22.2 Å². The Morgan fingerprint density at radius 2 is 0.857 bits per heavy atom. The van der Waals surface area contributed by atoms with Crippen LogP contribution in [0.5, 0.6) is 23.0 Å². The summed E-state index contributed by atoms with van der Waals surface area (Å²) in [6.45, 7) is 2.51. The van der Waals surface area contributed by atoms with Crippen LogP contribution in [0.15, 0.2) is 48.5 Å². The van der Waals surface area contributed by atoms with Gasteiger partial charge in [-0.1, -0.05) is 77.7 Å². The van der Waals surface area contributed by atoms with Crippen LogP contribution in [0.25, 0.3) is 0 Å². The Balaban J connectivity index is 1.58. The monoisotopic (exact) mass is 550 g/mol. The summed E-state index contributed by atoms with van der Waals surface area (Å²) in [4.78, 5) is 0. The summed E-state index contributed by atoms with van der Waals surface area (Å²) in [5, 5.41) is 1.59. The largest absolute Gasteiger partial charge is 0.489 e. The number of benzene rings is 2. The van der Waals surface area contributed by atoms with E-state index in [1.54, 1.807) is 21.6 Å². The lowest BCUT2D eigenvalue weighted by atomic mass is 10.3. The molecule has 0 atom stereocenters. The van der Waals surface area contributed by atoms with Crippen LogP contribution in [0.4, 0.5) is 0 Å². The fourth-order valence-electron chi connectivity index (χ4n) is 2.16. The molecule has 2 aromatic carbocycles. The average molecular weight is 552 g/mol. The molecule has 4 nitrogen and oxygen atoms in total. The second-order valence-corrected chi connectivity index (χ2v) is 9.60. The highest BCUT2D eigenvalue weighted by Gasteiger charge is 2.05. The fourth-order valence-corrected chi connectivity index (χ4v) is 4.14. The third kappa shape index (κ3) is 9.20. The number of alkyl halides is 2. The van der Waals surface area contributed by atoms with Gasteiger partial charge in [0.15, 0.2) is 23.0 Å². The molecule has 2 aromatic rings. The van der Waals surface area contributed by atoms with Crippen LogP contribution in [-0.4, -0.2) is 48.6 Å². The number of ether oxygens (including phenoxy) is 4. The predicted molar refractivity (Wildman–Crippen MR) is 127 cm³/mol. The molecule has 0 unspecified atom stereocenters. The van der Waals surface area contributed by atoms with Gasteiger partial charge in [-0.15, -0.1) is 0 Å². The molecule has 0 aromatic heterocycles. The molecule has 0 fully saturated rings. The smallest absolute Gasteiger partial charge is 0.161 e. The molecule has 2 rings (SSSR count). The van der Waals surface area contributed by atoms with Crippen LogP contribution < -0.4 is 18.9 Å². The first kappa shape index (κ1) is 23.6. The van der Waals surface area contributed by atoms with E-state index in [4.69, 9.17) is 18.9 Å². The Kier molecular flexibility index (Phi) is 12.8. The van der Waals surface area contributed by atoms with Crippen molar-refractivity contribution in [1.29, 1.82) is 0 Å². The molecular formula is C20H24Br2O4S2. The van der Waals surface area contributed by atoms with Crippen LogP contribution >= 0.6 is 53.4 Å². The van der Waals surface area contributed by atoms with Gasteiger partial charge in [0.2, 0.25) is 0 Å². The first-order valence-corrected chi connectivity index (χ1v) is 13.6. The van der Waals surface area contributed by atoms with Gasteiger partial charge >= 0.3 is 0 Å². The number of hydrogen-bond donors (Lipinski definition) is 0. The number of para-hydroxylation sites is 4. The normalized spacial score (nSPS) is 10.5. The van der Waals surface area contributed by atoms with Gasteiger partial charge in [-0.05, 0) is 24.3 Å². The molecule has 0 heterocycles. The molecule has 0 spiro atoms. The van der Waals surface area contributed by atoms with E-state index in [0.29, 0.717) is 26.4 Å². The van der Waals surface area contributed by atoms with Crippen molar-refractivity contribution in [3.05, 3.63) is 48.5 Å². The van der Waals surface area contributed by atoms with Crippen LogP contribution in [0.1, 0.15) is 0 Å². The van der Waals surface area contributed by atoms with Gasteiger partial charge < -0.3 is 18.9 Å². The Hall–Kier alpha value is -0.700. The number of halogens is 2. The van der Waals surface area contributed by atoms with Crippen LogP contribution in [0, 0.1) is 0 Å². The first-order valence-electron chi connectivity index (χ1n) is 8.90. The number of rotatable bonds is 15. The standard InChI is InChI=1S/C20H24Br2O4S2/c21-9-11-23-17-5-1-3-7-19(17)25-13-15-27-28-16-14-26-20-8-4-2-6-18(20)24-12-10-22/h1-8H,9-16H2. The van der Waals surface area contributed by atoms with E-state index < -0.39 is 0 Å². The van der Waals surface area contributed by atoms with Crippen molar-refractivity contribution >= 4 is 53.4 Å². The summed E-state index contributed by atoms with van der Waals surface area (Å²) in [5.41, 5.74) is 0. The molecule has 0 amide bonds. The maximum absolute atomic E-state index is 5.84. The van der Waals surface area contributed by atoms with Gasteiger partial charge in [-0.25, -0.2) is 0 Å². The van der Waals surface area contributed by atoms with Crippen molar-refractivity contribution in [3.8, 4) is 23.0 Å². The van der Waals surface area contributed by atoms with Crippen molar-refractivity contribution in [1.82, 2.24) is 0 Å². The second kappa shape index (κ2) is 15.2. The van der Waals surface area contributed by atoms with Crippen molar-refractivity contribution in [2.24, 2.45) is 0 Å². The predicted octanol–water partition coefficient (Wildman–Crippen LogP) is 6.07. The summed E-state index contributed by atoms with van der Waals surface area (Å²) in [7, 11) is 3.55. The van der Waals surface area contributed by atoms with Crippen molar-refractivity contribution in [2.45, 2.75) is 0 Å². The summed E-state index contributed by atoms with van der Waals surface area (Å²) in [5.74, 6) is 4.93. The molecule has 0 N–H and O–H groups in total. The third-order valence-electron chi connectivity index (χ3n) is 3.30. The Bertz CT molecular complexity index is 619. The van der Waals surface area contributed by atoms with Crippen LogP contribution in [0.2, 0.25) is 0 Å². The molecule has 0 bridgehead atoms. The molecular weight excluding hydrogens is 528 g/mol. The highest BCUT2D eigenvalue weighted by atomic mass is 79.9. The molecule has 28 heavy (non-hydrogen) atoms. The minimum atomic E-state index is 0.620. The molecule has 0 radical (unpaired) electrons.